The van der Waals surface area contributed by atoms with E-state index in [9.17, 15) is 4.79 Å². The van der Waals surface area contributed by atoms with Crippen molar-refractivity contribution in [2.75, 3.05) is 13.2 Å². The minimum atomic E-state index is -1.28. The maximum atomic E-state index is 11.2. The number of carbonyl (C=O) groups is 1. The van der Waals surface area contributed by atoms with Gasteiger partial charge in [0.1, 0.15) is 0 Å². The summed E-state index contributed by atoms with van der Waals surface area (Å²) < 4.78 is 15.6. The fourth-order valence-corrected chi connectivity index (χ4v) is 1.51. The zero-order valence-corrected chi connectivity index (χ0v) is 7.86. The van der Waals surface area contributed by atoms with Crippen molar-refractivity contribution in [3.05, 3.63) is 0 Å². The van der Waals surface area contributed by atoms with Gasteiger partial charge in [-0.15, -0.1) is 0 Å². The Morgan fingerprint density at radius 2 is 2.00 bits per heavy atom. The fourth-order valence-electron chi connectivity index (χ4n) is 0.891. The van der Waals surface area contributed by atoms with E-state index in [0.29, 0.717) is 13.2 Å². The summed E-state index contributed by atoms with van der Waals surface area (Å²) in [4.78, 5) is 11.2. The summed E-state index contributed by atoms with van der Waals surface area (Å²) >= 11 is 1.07. The Morgan fingerprint density at radius 3 is 2.33 bits per heavy atom. The van der Waals surface area contributed by atoms with E-state index in [1.54, 1.807) is 13.8 Å². The van der Waals surface area contributed by atoms with Crippen LogP contribution in [0.2, 0.25) is 0 Å². The molecule has 1 saturated heterocycles. The lowest BCUT2D eigenvalue weighted by Crippen LogP contribution is -2.50. The van der Waals surface area contributed by atoms with Gasteiger partial charge in [-0.1, -0.05) is 0 Å². The van der Waals surface area contributed by atoms with Crippen LogP contribution in [-0.4, -0.2) is 25.0 Å². The summed E-state index contributed by atoms with van der Waals surface area (Å²) in [5.41, 5.74) is 0. The quantitative estimate of drug-likeness (QED) is 0.485. The van der Waals surface area contributed by atoms with Gasteiger partial charge in [-0.25, -0.2) is 0 Å². The number of amides is 1. The van der Waals surface area contributed by atoms with E-state index < -0.39 is 5.91 Å². The molecule has 0 spiro atoms. The van der Waals surface area contributed by atoms with Gasteiger partial charge in [-0.2, -0.15) is 4.72 Å². The molecule has 5 nitrogen and oxygen atoms in total. The second-order valence-electron chi connectivity index (χ2n) is 2.12. The van der Waals surface area contributed by atoms with Gasteiger partial charge in [0.05, 0.1) is 0 Å². The van der Waals surface area contributed by atoms with Gasteiger partial charge < -0.3 is 9.47 Å². The summed E-state index contributed by atoms with van der Waals surface area (Å²) in [6, 6.07) is 0. The number of hydrogen-bond donors (Lipinski definition) is 2. The predicted octanol–water partition coefficient (Wildman–Crippen LogP) is -0.00420. The highest BCUT2D eigenvalue weighted by molar-refractivity contribution is 7.96. The van der Waals surface area contributed by atoms with E-state index in [-0.39, 0.29) is 5.91 Å². The van der Waals surface area contributed by atoms with E-state index in [1.165, 1.54) is 0 Å². The van der Waals surface area contributed by atoms with Crippen LogP contribution >= 0.6 is 12.1 Å². The first kappa shape index (κ1) is 9.79. The molecule has 1 heterocycles. The number of ether oxygens (including phenoxy) is 2. The monoisotopic (exact) mass is 192 g/mol. The standard InChI is InChI=1S/C6H12N2O3S/c1-3-10-6(11-4-2)5(9)7-12-8-6/h8H,3-4H2,1-2H3,(H,7,9). The summed E-state index contributed by atoms with van der Waals surface area (Å²) in [6.07, 6.45) is 0. The summed E-state index contributed by atoms with van der Waals surface area (Å²) in [7, 11) is 0. The van der Waals surface area contributed by atoms with Crippen molar-refractivity contribution in [2.24, 2.45) is 0 Å². The van der Waals surface area contributed by atoms with Crippen LogP contribution in [0.4, 0.5) is 0 Å². The van der Waals surface area contributed by atoms with Crippen molar-refractivity contribution in [1.29, 1.82) is 0 Å². The third kappa shape index (κ3) is 1.71. The molecule has 1 amide bonds. The van der Waals surface area contributed by atoms with Crippen LogP contribution in [-0.2, 0) is 14.3 Å². The van der Waals surface area contributed by atoms with E-state index in [2.05, 4.69) is 9.44 Å². The average molecular weight is 192 g/mol. The molecule has 1 aliphatic heterocycles. The Labute approximate surface area is 75.4 Å². The van der Waals surface area contributed by atoms with Crippen LogP contribution in [0.5, 0.6) is 0 Å². The molecule has 70 valence electrons. The lowest BCUT2D eigenvalue weighted by Gasteiger charge is -2.23. The largest absolute Gasteiger partial charge is 0.329 e. The van der Waals surface area contributed by atoms with E-state index in [0.717, 1.165) is 12.1 Å². The van der Waals surface area contributed by atoms with Crippen LogP contribution in [0.25, 0.3) is 0 Å². The Kier molecular flexibility index (Phi) is 3.33. The van der Waals surface area contributed by atoms with Gasteiger partial charge in [-0.3, -0.25) is 9.52 Å². The summed E-state index contributed by atoms with van der Waals surface area (Å²) in [5.74, 6) is -1.58. The molecule has 0 aromatic heterocycles. The molecule has 0 radical (unpaired) electrons. The van der Waals surface area contributed by atoms with Gasteiger partial charge in [-0.05, 0) is 13.8 Å². The van der Waals surface area contributed by atoms with Gasteiger partial charge in [0.25, 0.3) is 0 Å². The molecular weight excluding hydrogens is 180 g/mol. The number of rotatable bonds is 4. The number of hydrogen-bond acceptors (Lipinski definition) is 5. The Hall–Kier alpha value is -0.300. The van der Waals surface area contributed by atoms with Gasteiger partial charge in [0.15, 0.2) is 0 Å². The van der Waals surface area contributed by atoms with Crippen molar-refractivity contribution in [2.45, 2.75) is 19.8 Å². The first-order valence-corrected chi connectivity index (χ1v) is 4.58. The molecule has 0 aromatic carbocycles. The molecule has 1 aliphatic rings. The lowest BCUT2D eigenvalue weighted by atomic mass is 10.4. The van der Waals surface area contributed by atoms with Crippen molar-refractivity contribution in [1.82, 2.24) is 9.44 Å². The zero-order valence-electron chi connectivity index (χ0n) is 7.05. The van der Waals surface area contributed by atoms with Crippen LogP contribution in [0.3, 0.4) is 0 Å². The van der Waals surface area contributed by atoms with E-state index in [1.807, 2.05) is 0 Å². The van der Waals surface area contributed by atoms with E-state index >= 15 is 0 Å². The van der Waals surface area contributed by atoms with Crippen LogP contribution in [0.15, 0.2) is 0 Å². The molecule has 0 atom stereocenters. The highest BCUT2D eigenvalue weighted by Gasteiger charge is 2.45. The van der Waals surface area contributed by atoms with Gasteiger partial charge >= 0.3 is 11.8 Å². The SMILES string of the molecule is CCOC1(OCC)NSNC1=O. The third-order valence-corrected chi connectivity index (χ3v) is 1.98. The zero-order chi connectivity index (χ0) is 9.03. The van der Waals surface area contributed by atoms with Crippen molar-refractivity contribution < 1.29 is 14.3 Å². The number of nitrogens with one attached hydrogen (secondary N) is 2. The summed E-state index contributed by atoms with van der Waals surface area (Å²) in [5, 5.41) is 0. The topological polar surface area (TPSA) is 59.6 Å². The molecule has 2 N–H and O–H groups in total. The van der Waals surface area contributed by atoms with Gasteiger partial charge in [0.2, 0.25) is 0 Å². The molecule has 1 fully saturated rings. The molecule has 0 unspecified atom stereocenters. The third-order valence-electron chi connectivity index (χ3n) is 1.32. The van der Waals surface area contributed by atoms with E-state index in [4.69, 9.17) is 9.47 Å². The van der Waals surface area contributed by atoms with Crippen LogP contribution < -0.4 is 9.44 Å². The molecule has 0 saturated carbocycles. The molecule has 1 rings (SSSR count). The Balaban J connectivity index is 2.63. The first-order chi connectivity index (χ1) is 5.75. The second kappa shape index (κ2) is 4.08. The van der Waals surface area contributed by atoms with Crippen molar-refractivity contribution in [3.63, 3.8) is 0 Å². The molecule has 0 aliphatic carbocycles. The fraction of sp³-hybridized carbons (Fsp3) is 0.833. The molecule has 6 heteroatoms. The first-order valence-electron chi connectivity index (χ1n) is 3.76. The minimum Gasteiger partial charge on any atom is -0.329 e. The highest BCUT2D eigenvalue weighted by atomic mass is 32.2. The van der Waals surface area contributed by atoms with Crippen molar-refractivity contribution >= 4 is 18.0 Å². The van der Waals surface area contributed by atoms with Gasteiger partial charge in [0, 0.05) is 25.3 Å². The van der Waals surface area contributed by atoms with Crippen LogP contribution in [0.1, 0.15) is 13.8 Å². The van der Waals surface area contributed by atoms with Crippen LogP contribution in [0, 0.1) is 0 Å². The Morgan fingerprint density at radius 1 is 1.42 bits per heavy atom. The predicted molar refractivity (Wildman–Crippen MR) is 44.9 cm³/mol. The maximum Gasteiger partial charge on any atom is 0.322 e. The minimum absolute atomic E-state index is 0.295. The molecular formula is C6H12N2O3S. The Bertz CT molecular complexity index is 170. The second-order valence-corrected chi connectivity index (χ2v) is 2.73. The highest BCUT2D eigenvalue weighted by Crippen LogP contribution is 2.19. The molecule has 0 aromatic rings. The molecule has 0 bridgehead atoms. The van der Waals surface area contributed by atoms with Crippen molar-refractivity contribution in [3.8, 4) is 0 Å². The smallest absolute Gasteiger partial charge is 0.322 e. The lowest BCUT2D eigenvalue weighted by molar-refractivity contribution is -0.227. The average Bonchev–Trinajstić information content (AvgIpc) is 2.35. The summed E-state index contributed by atoms with van der Waals surface area (Å²) in [6.45, 7) is 4.44. The number of carbonyl (C=O) groups excluding carboxylic acids is 1. The normalized spacial score (nSPS) is 21.0. The maximum absolute atomic E-state index is 11.2. The molecule has 12 heavy (non-hydrogen) atoms.